The highest BCUT2D eigenvalue weighted by Crippen LogP contribution is 2.38. The lowest BCUT2D eigenvalue weighted by molar-refractivity contribution is 0.402. The van der Waals surface area contributed by atoms with E-state index in [9.17, 15) is 8.42 Å². The van der Waals surface area contributed by atoms with E-state index in [0.29, 0.717) is 17.5 Å². The number of benzene rings is 1. The third kappa shape index (κ3) is 3.04. The fraction of sp³-hybridized carbons (Fsp3) is 0.333. The second kappa shape index (κ2) is 5.57. The molecule has 1 N–H and O–H groups in total. The summed E-state index contributed by atoms with van der Waals surface area (Å²) in [7, 11) is -2.32. The number of hydrogen-bond acceptors (Lipinski definition) is 5. The van der Waals surface area contributed by atoms with Crippen molar-refractivity contribution < 1.29 is 13.2 Å². The number of anilines is 1. The van der Waals surface area contributed by atoms with E-state index in [0.717, 1.165) is 18.4 Å². The van der Waals surface area contributed by atoms with Crippen molar-refractivity contribution in [2.24, 2.45) is 0 Å². The Labute approximate surface area is 129 Å². The zero-order valence-corrected chi connectivity index (χ0v) is 13.2. The zero-order chi connectivity index (χ0) is 15.7. The predicted molar refractivity (Wildman–Crippen MR) is 82.5 cm³/mol. The lowest BCUT2D eigenvalue weighted by Gasteiger charge is -2.12. The number of nitrogens with zero attached hydrogens (tertiary/aromatic N) is 2. The van der Waals surface area contributed by atoms with Crippen LogP contribution in [-0.4, -0.2) is 25.5 Å². The van der Waals surface area contributed by atoms with E-state index in [2.05, 4.69) is 14.7 Å². The van der Waals surface area contributed by atoms with E-state index in [1.807, 2.05) is 6.92 Å². The number of aryl methyl sites for hydroxylation is 1. The average molecular weight is 319 g/mol. The minimum Gasteiger partial charge on any atom is -0.495 e. The van der Waals surface area contributed by atoms with Gasteiger partial charge in [0.05, 0.1) is 7.11 Å². The van der Waals surface area contributed by atoms with Crippen molar-refractivity contribution >= 4 is 15.8 Å². The summed E-state index contributed by atoms with van der Waals surface area (Å²) in [5.74, 6) is 1.63. The summed E-state index contributed by atoms with van der Waals surface area (Å²) in [4.78, 5) is 8.56. The molecule has 1 aliphatic rings. The van der Waals surface area contributed by atoms with Crippen LogP contribution in [0.2, 0.25) is 0 Å². The van der Waals surface area contributed by atoms with Crippen LogP contribution in [0.15, 0.2) is 35.4 Å². The number of nitrogens with one attached hydrogen (secondary N) is 1. The Balaban J connectivity index is 1.93. The van der Waals surface area contributed by atoms with Gasteiger partial charge in [0.15, 0.2) is 0 Å². The summed E-state index contributed by atoms with van der Waals surface area (Å²) in [5.41, 5.74) is 0.836. The zero-order valence-electron chi connectivity index (χ0n) is 12.4. The Bertz CT molecular complexity index is 801. The molecule has 0 saturated heterocycles. The van der Waals surface area contributed by atoms with Gasteiger partial charge in [-0.3, -0.25) is 4.72 Å². The SMILES string of the molecule is COc1ccc(C)cc1S(=O)(=O)Nc1ccnc(C2CC2)n1. The molecule has 116 valence electrons. The van der Waals surface area contributed by atoms with Gasteiger partial charge in [0.1, 0.15) is 22.3 Å². The molecule has 0 bridgehead atoms. The van der Waals surface area contributed by atoms with Crippen LogP contribution in [0.5, 0.6) is 5.75 Å². The first-order valence-corrected chi connectivity index (χ1v) is 8.48. The minimum absolute atomic E-state index is 0.0987. The molecule has 1 aromatic carbocycles. The maximum atomic E-state index is 12.6. The normalized spacial score (nSPS) is 14.6. The van der Waals surface area contributed by atoms with Crippen LogP contribution in [-0.2, 0) is 10.0 Å². The van der Waals surface area contributed by atoms with Crippen LogP contribution in [0.3, 0.4) is 0 Å². The molecule has 1 saturated carbocycles. The molecule has 0 amide bonds. The summed E-state index contributed by atoms with van der Waals surface area (Å²) in [6.07, 6.45) is 3.69. The smallest absolute Gasteiger partial charge is 0.266 e. The van der Waals surface area contributed by atoms with Crippen molar-refractivity contribution in [3.8, 4) is 5.75 Å². The van der Waals surface area contributed by atoms with Gasteiger partial charge < -0.3 is 4.74 Å². The van der Waals surface area contributed by atoms with Crippen molar-refractivity contribution in [1.29, 1.82) is 0 Å². The Morgan fingerprint density at radius 3 is 2.73 bits per heavy atom. The number of sulfonamides is 1. The molecule has 1 aliphatic carbocycles. The number of rotatable bonds is 5. The van der Waals surface area contributed by atoms with Crippen LogP contribution in [0.4, 0.5) is 5.82 Å². The molecule has 0 aliphatic heterocycles. The molecule has 7 heteroatoms. The van der Waals surface area contributed by atoms with Gasteiger partial charge in [-0.15, -0.1) is 0 Å². The lowest BCUT2D eigenvalue weighted by Crippen LogP contribution is -2.15. The molecule has 1 fully saturated rings. The van der Waals surface area contributed by atoms with E-state index in [-0.39, 0.29) is 10.7 Å². The highest BCUT2D eigenvalue weighted by atomic mass is 32.2. The van der Waals surface area contributed by atoms with Gasteiger partial charge in [-0.25, -0.2) is 18.4 Å². The molecule has 0 unspecified atom stereocenters. The molecule has 6 nitrogen and oxygen atoms in total. The topological polar surface area (TPSA) is 81.2 Å². The first-order valence-electron chi connectivity index (χ1n) is 7.00. The second-order valence-corrected chi connectivity index (χ2v) is 6.98. The minimum atomic E-state index is -3.77. The Hall–Kier alpha value is -2.15. The highest BCUT2D eigenvalue weighted by molar-refractivity contribution is 7.92. The Morgan fingerprint density at radius 2 is 2.05 bits per heavy atom. The lowest BCUT2D eigenvalue weighted by atomic mass is 10.2. The largest absolute Gasteiger partial charge is 0.495 e. The number of ether oxygens (including phenoxy) is 1. The Morgan fingerprint density at radius 1 is 1.27 bits per heavy atom. The van der Waals surface area contributed by atoms with E-state index < -0.39 is 10.0 Å². The maximum Gasteiger partial charge on any atom is 0.266 e. The van der Waals surface area contributed by atoms with Gasteiger partial charge in [-0.05, 0) is 43.5 Å². The second-order valence-electron chi connectivity index (χ2n) is 5.33. The predicted octanol–water partition coefficient (Wildman–Crippen LogP) is 2.47. The van der Waals surface area contributed by atoms with Gasteiger partial charge >= 0.3 is 0 Å². The first kappa shape index (κ1) is 14.8. The van der Waals surface area contributed by atoms with Crippen LogP contribution < -0.4 is 9.46 Å². The molecular weight excluding hydrogens is 302 g/mol. The van der Waals surface area contributed by atoms with E-state index in [1.165, 1.54) is 7.11 Å². The standard InChI is InChI=1S/C15H17N3O3S/c1-10-3-6-12(21-2)13(9-10)22(19,20)18-14-7-8-16-15(17-14)11-4-5-11/h3,6-9,11H,4-5H2,1-2H3,(H,16,17,18). The molecular formula is C15H17N3O3S. The first-order chi connectivity index (χ1) is 10.5. The number of hydrogen-bond donors (Lipinski definition) is 1. The van der Waals surface area contributed by atoms with Crippen molar-refractivity contribution in [1.82, 2.24) is 9.97 Å². The van der Waals surface area contributed by atoms with Crippen molar-refractivity contribution in [3.05, 3.63) is 41.9 Å². The number of methoxy groups -OCH3 is 1. The third-order valence-corrected chi connectivity index (χ3v) is 4.84. The van der Waals surface area contributed by atoms with Crippen molar-refractivity contribution in [3.63, 3.8) is 0 Å². The van der Waals surface area contributed by atoms with Crippen LogP contribution in [0, 0.1) is 6.92 Å². The highest BCUT2D eigenvalue weighted by Gasteiger charge is 2.27. The summed E-state index contributed by atoms with van der Waals surface area (Å²) in [6.45, 7) is 1.83. The fourth-order valence-corrected chi connectivity index (χ4v) is 3.41. The molecule has 0 atom stereocenters. The fourth-order valence-electron chi connectivity index (χ4n) is 2.16. The van der Waals surface area contributed by atoms with E-state index in [4.69, 9.17) is 4.74 Å². The molecule has 0 spiro atoms. The van der Waals surface area contributed by atoms with E-state index >= 15 is 0 Å². The molecule has 1 aromatic heterocycles. The molecule has 1 heterocycles. The summed E-state index contributed by atoms with van der Waals surface area (Å²) >= 11 is 0. The quantitative estimate of drug-likeness (QED) is 0.915. The summed E-state index contributed by atoms with van der Waals surface area (Å²) in [5, 5.41) is 0. The van der Waals surface area contributed by atoms with Crippen molar-refractivity contribution in [2.45, 2.75) is 30.6 Å². The van der Waals surface area contributed by atoms with Gasteiger partial charge in [0.2, 0.25) is 0 Å². The molecule has 3 rings (SSSR count). The van der Waals surface area contributed by atoms with Gasteiger partial charge in [-0.2, -0.15) is 0 Å². The summed E-state index contributed by atoms with van der Waals surface area (Å²) < 4.78 is 32.8. The van der Waals surface area contributed by atoms with Crippen molar-refractivity contribution in [2.75, 3.05) is 11.8 Å². The van der Waals surface area contributed by atoms with Gasteiger partial charge in [-0.1, -0.05) is 6.07 Å². The molecule has 22 heavy (non-hydrogen) atoms. The Kier molecular flexibility index (Phi) is 3.74. The van der Waals surface area contributed by atoms with Crippen LogP contribution >= 0.6 is 0 Å². The van der Waals surface area contributed by atoms with E-state index in [1.54, 1.807) is 30.5 Å². The monoisotopic (exact) mass is 319 g/mol. The number of aromatic nitrogens is 2. The average Bonchev–Trinajstić information content (AvgIpc) is 3.32. The third-order valence-electron chi connectivity index (χ3n) is 3.46. The molecule has 2 aromatic rings. The van der Waals surface area contributed by atoms with Gasteiger partial charge in [0, 0.05) is 12.1 Å². The molecule has 0 radical (unpaired) electrons. The summed E-state index contributed by atoms with van der Waals surface area (Å²) in [6, 6.07) is 6.56. The maximum absolute atomic E-state index is 12.6. The van der Waals surface area contributed by atoms with Gasteiger partial charge in [0.25, 0.3) is 10.0 Å². The van der Waals surface area contributed by atoms with Crippen LogP contribution in [0.1, 0.15) is 30.1 Å². The van der Waals surface area contributed by atoms with Crippen LogP contribution in [0.25, 0.3) is 0 Å².